The first-order valence-electron chi connectivity index (χ1n) is 7.28. The van der Waals surface area contributed by atoms with Crippen LogP contribution in [-0.4, -0.2) is 17.3 Å². The Morgan fingerprint density at radius 1 is 1.22 bits per heavy atom. The summed E-state index contributed by atoms with van der Waals surface area (Å²) < 4.78 is 11.6. The lowest BCUT2D eigenvalue weighted by Gasteiger charge is -2.08. The van der Waals surface area contributed by atoms with Gasteiger partial charge in [-0.3, -0.25) is 9.88 Å². The fourth-order valence-corrected chi connectivity index (χ4v) is 2.38. The number of benzene rings is 2. The van der Waals surface area contributed by atoms with Crippen molar-refractivity contribution in [3.8, 4) is 0 Å². The minimum atomic E-state index is -0.504. The van der Waals surface area contributed by atoms with Crippen LogP contribution in [0.3, 0.4) is 0 Å². The van der Waals surface area contributed by atoms with Gasteiger partial charge in [-0.1, -0.05) is 24.3 Å². The second-order valence-corrected chi connectivity index (χ2v) is 4.97. The van der Waals surface area contributed by atoms with Gasteiger partial charge < -0.3 is 9.15 Å². The quantitative estimate of drug-likeness (QED) is 0.803. The highest BCUT2D eigenvalue weighted by Crippen LogP contribution is 2.16. The molecule has 118 valence electrons. The summed E-state index contributed by atoms with van der Waals surface area (Å²) >= 11 is 0. The van der Waals surface area contributed by atoms with Gasteiger partial charge in [-0.05, 0) is 36.8 Å². The lowest BCUT2D eigenvalue weighted by molar-refractivity contribution is 0.168. The van der Waals surface area contributed by atoms with Crippen molar-refractivity contribution in [1.82, 2.24) is 4.57 Å². The van der Waals surface area contributed by atoms with Crippen LogP contribution in [0.1, 0.15) is 12.5 Å². The standard InChI is InChI=1S/C17H16N2O4/c1-2-22-16(20)18-13-7-5-6-12(10-13)11-19-14-8-3-4-9-15(14)23-17(19)21/h3-10H,2,11H2,1H3,(H,18,20). The van der Waals surface area contributed by atoms with Crippen molar-refractivity contribution in [2.75, 3.05) is 11.9 Å². The molecule has 3 rings (SSSR count). The Morgan fingerprint density at radius 3 is 2.87 bits per heavy atom. The Morgan fingerprint density at radius 2 is 2.04 bits per heavy atom. The lowest BCUT2D eigenvalue weighted by atomic mass is 10.2. The van der Waals surface area contributed by atoms with Crippen LogP contribution in [0.5, 0.6) is 0 Å². The molecule has 0 bridgehead atoms. The summed E-state index contributed by atoms with van der Waals surface area (Å²) in [6.45, 7) is 2.41. The zero-order valence-electron chi connectivity index (χ0n) is 12.6. The van der Waals surface area contributed by atoms with Gasteiger partial charge in [0.25, 0.3) is 0 Å². The first kappa shape index (κ1) is 14.9. The number of hydrogen-bond acceptors (Lipinski definition) is 4. The second kappa shape index (κ2) is 6.39. The predicted molar refractivity (Wildman–Crippen MR) is 86.7 cm³/mol. The molecule has 1 heterocycles. The molecule has 6 nitrogen and oxygen atoms in total. The maximum absolute atomic E-state index is 12.0. The largest absolute Gasteiger partial charge is 0.450 e. The molecule has 0 aliphatic rings. The summed E-state index contributed by atoms with van der Waals surface area (Å²) in [6.07, 6.45) is -0.504. The van der Waals surface area contributed by atoms with Gasteiger partial charge >= 0.3 is 11.8 Å². The van der Waals surface area contributed by atoms with Crippen LogP contribution in [0.15, 0.2) is 57.7 Å². The second-order valence-electron chi connectivity index (χ2n) is 4.97. The van der Waals surface area contributed by atoms with Crippen molar-refractivity contribution < 1.29 is 13.9 Å². The van der Waals surface area contributed by atoms with Gasteiger partial charge in [-0.25, -0.2) is 9.59 Å². The molecule has 1 aromatic heterocycles. The Hall–Kier alpha value is -3.02. The van der Waals surface area contributed by atoms with Crippen molar-refractivity contribution in [3.63, 3.8) is 0 Å². The fourth-order valence-electron chi connectivity index (χ4n) is 2.38. The molecule has 3 aromatic rings. The van der Waals surface area contributed by atoms with Crippen LogP contribution in [0.2, 0.25) is 0 Å². The van der Waals surface area contributed by atoms with E-state index in [0.717, 1.165) is 11.1 Å². The van der Waals surface area contributed by atoms with Gasteiger partial charge in [0.2, 0.25) is 0 Å². The Balaban J connectivity index is 1.86. The molecule has 0 saturated heterocycles. The summed E-state index contributed by atoms with van der Waals surface area (Å²) in [4.78, 5) is 23.5. The summed E-state index contributed by atoms with van der Waals surface area (Å²) in [5.74, 6) is -0.407. The van der Waals surface area contributed by atoms with Crippen LogP contribution in [0.4, 0.5) is 10.5 Å². The molecule has 0 saturated carbocycles. The SMILES string of the molecule is CCOC(=O)Nc1cccc(Cn2c(=O)oc3ccccc32)c1. The van der Waals surface area contributed by atoms with Gasteiger partial charge in [0, 0.05) is 5.69 Å². The number of ether oxygens (including phenoxy) is 1. The Kier molecular flexibility index (Phi) is 4.14. The molecule has 0 atom stereocenters. The van der Waals surface area contributed by atoms with Crippen LogP contribution < -0.4 is 11.1 Å². The third-order valence-corrected chi connectivity index (χ3v) is 3.36. The van der Waals surface area contributed by atoms with E-state index in [1.54, 1.807) is 29.7 Å². The lowest BCUT2D eigenvalue weighted by Crippen LogP contribution is -2.16. The minimum Gasteiger partial charge on any atom is -0.450 e. The number of nitrogens with zero attached hydrogens (tertiary/aromatic N) is 1. The third kappa shape index (κ3) is 3.26. The molecule has 1 N–H and O–H groups in total. The molecule has 0 aliphatic carbocycles. The van der Waals surface area contributed by atoms with E-state index in [1.165, 1.54) is 0 Å². The summed E-state index contributed by atoms with van der Waals surface area (Å²) in [5, 5.41) is 2.64. The van der Waals surface area contributed by atoms with Crippen LogP contribution in [-0.2, 0) is 11.3 Å². The highest BCUT2D eigenvalue weighted by Gasteiger charge is 2.09. The number of amides is 1. The highest BCUT2D eigenvalue weighted by molar-refractivity contribution is 5.84. The predicted octanol–water partition coefficient (Wildman–Crippen LogP) is 3.21. The number of carbonyl (C=O) groups excluding carboxylic acids is 1. The summed E-state index contributed by atoms with van der Waals surface area (Å²) in [7, 11) is 0. The number of nitrogens with one attached hydrogen (secondary N) is 1. The van der Waals surface area contributed by atoms with E-state index in [-0.39, 0.29) is 0 Å². The average molecular weight is 312 g/mol. The van der Waals surface area contributed by atoms with Crippen LogP contribution in [0, 0.1) is 0 Å². The van der Waals surface area contributed by atoms with E-state index in [0.29, 0.717) is 24.4 Å². The van der Waals surface area contributed by atoms with E-state index in [9.17, 15) is 9.59 Å². The molecule has 23 heavy (non-hydrogen) atoms. The molecule has 0 spiro atoms. The van der Waals surface area contributed by atoms with Gasteiger partial charge in [-0.15, -0.1) is 0 Å². The molecular formula is C17H16N2O4. The molecule has 0 radical (unpaired) electrons. The van der Waals surface area contributed by atoms with E-state index >= 15 is 0 Å². The van der Waals surface area contributed by atoms with Gasteiger partial charge in [0.15, 0.2) is 5.58 Å². The number of para-hydroxylation sites is 2. The van der Waals surface area contributed by atoms with Crippen molar-refractivity contribution in [2.45, 2.75) is 13.5 Å². The Labute approximate surface area is 132 Å². The Bertz CT molecular complexity index is 895. The maximum atomic E-state index is 12.0. The van der Waals surface area contributed by atoms with Crippen molar-refractivity contribution in [1.29, 1.82) is 0 Å². The number of carbonyl (C=O) groups is 1. The van der Waals surface area contributed by atoms with E-state index in [4.69, 9.17) is 9.15 Å². The number of hydrogen-bond donors (Lipinski definition) is 1. The fraction of sp³-hybridized carbons (Fsp3) is 0.176. The summed E-state index contributed by atoms with van der Waals surface area (Å²) in [6, 6.07) is 14.5. The van der Waals surface area contributed by atoms with Crippen LogP contribution in [0.25, 0.3) is 11.1 Å². The molecule has 1 amide bonds. The van der Waals surface area contributed by atoms with Crippen molar-refractivity contribution >= 4 is 22.9 Å². The smallest absolute Gasteiger partial charge is 0.420 e. The molecule has 0 fully saturated rings. The van der Waals surface area contributed by atoms with Crippen LogP contribution >= 0.6 is 0 Å². The normalized spacial score (nSPS) is 10.7. The number of aromatic nitrogens is 1. The van der Waals surface area contributed by atoms with Gasteiger partial charge in [0.05, 0.1) is 18.7 Å². The van der Waals surface area contributed by atoms with Crippen molar-refractivity contribution in [3.05, 3.63) is 64.6 Å². The third-order valence-electron chi connectivity index (χ3n) is 3.36. The maximum Gasteiger partial charge on any atom is 0.420 e. The number of anilines is 1. The zero-order chi connectivity index (χ0) is 16.2. The van der Waals surface area contributed by atoms with E-state index < -0.39 is 11.8 Å². The van der Waals surface area contributed by atoms with E-state index in [2.05, 4.69) is 5.32 Å². The highest BCUT2D eigenvalue weighted by atomic mass is 16.5. The molecule has 0 aliphatic heterocycles. The first-order valence-corrected chi connectivity index (χ1v) is 7.28. The molecule has 6 heteroatoms. The number of fused-ring (bicyclic) bond motifs is 1. The van der Waals surface area contributed by atoms with Gasteiger partial charge in [0.1, 0.15) is 0 Å². The van der Waals surface area contributed by atoms with Crippen molar-refractivity contribution in [2.24, 2.45) is 0 Å². The number of oxazole rings is 1. The zero-order valence-corrected chi connectivity index (χ0v) is 12.6. The van der Waals surface area contributed by atoms with Gasteiger partial charge in [-0.2, -0.15) is 0 Å². The number of rotatable bonds is 4. The average Bonchev–Trinajstić information content (AvgIpc) is 2.84. The van der Waals surface area contributed by atoms with E-state index in [1.807, 2.05) is 30.3 Å². The monoisotopic (exact) mass is 312 g/mol. The molecular weight excluding hydrogens is 296 g/mol. The summed E-state index contributed by atoms with van der Waals surface area (Å²) in [5.41, 5.74) is 2.77. The molecule has 0 unspecified atom stereocenters. The topological polar surface area (TPSA) is 73.5 Å². The molecule has 2 aromatic carbocycles. The minimum absolute atomic E-state index is 0.307. The first-order chi connectivity index (χ1) is 11.2.